The predicted molar refractivity (Wildman–Crippen MR) is 114 cm³/mol. The first-order valence-corrected chi connectivity index (χ1v) is 10.3. The number of rotatable bonds is 6. The summed E-state index contributed by atoms with van der Waals surface area (Å²) in [5.74, 6) is -0.975. The summed E-state index contributed by atoms with van der Waals surface area (Å²) in [5, 5.41) is 3.90. The lowest BCUT2D eigenvalue weighted by Crippen LogP contribution is -2.49. The molecule has 9 heteroatoms. The van der Waals surface area contributed by atoms with E-state index < -0.39 is 11.9 Å². The fourth-order valence-corrected chi connectivity index (χ4v) is 3.93. The van der Waals surface area contributed by atoms with Gasteiger partial charge in [-0.05, 0) is 36.2 Å². The Balaban J connectivity index is 1.55. The molecule has 31 heavy (non-hydrogen) atoms. The molecule has 1 aromatic carbocycles. The molecule has 3 heterocycles. The van der Waals surface area contributed by atoms with Gasteiger partial charge in [0, 0.05) is 32.0 Å². The third kappa shape index (κ3) is 4.86. The lowest BCUT2D eigenvalue weighted by molar-refractivity contribution is -0.132. The van der Waals surface area contributed by atoms with Gasteiger partial charge >= 0.3 is 0 Å². The number of benzene rings is 1. The normalized spacial score (nSPS) is 17.1. The van der Waals surface area contributed by atoms with Crippen molar-refractivity contribution in [3.05, 3.63) is 64.8 Å². The van der Waals surface area contributed by atoms with Crippen LogP contribution in [0, 0.1) is 5.82 Å². The number of aromatic nitrogens is 2. The van der Waals surface area contributed by atoms with Crippen LogP contribution in [0.4, 0.5) is 4.39 Å². The molecule has 0 radical (unpaired) electrons. The molecule has 2 atom stereocenters. The van der Waals surface area contributed by atoms with E-state index in [1.54, 1.807) is 42.5 Å². The SMILES string of the molecule is CO[C@H]1CCN(C(=O)[C@H](Cc2ccc(F)cc2)NC(=O)c2cc3cc(Cl)ncc3[nH]2)C1. The summed E-state index contributed by atoms with van der Waals surface area (Å²) in [6.07, 6.45) is 2.52. The number of amides is 2. The third-order valence-corrected chi connectivity index (χ3v) is 5.67. The molecule has 0 unspecified atom stereocenters. The highest BCUT2D eigenvalue weighted by Crippen LogP contribution is 2.19. The maximum atomic E-state index is 13.3. The highest BCUT2D eigenvalue weighted by molar-refractivity contribution is 6.30. The maximum absolute atomic E-state index is 13.3. The van der Waals surface area contributed by atoms with E-state index in [9.17, 15) is 14.0 Å². The Morgan fingerprint density at radius 2 is 2.13 bits per heavy atom. The molecular formula is C22H22ClFN4O3. The quantitative estimate of drug-likeness (QED) is 0.572. The lowest BCUT2D eigenvalue weighted by Gasteiger charge is -2.24. The molecule has 3 aromatic rings. The smallest absolute Gasteiger partial charge is 0.268 e. The van der Waals surface area contributed by atoms with E-state index in [0.29, 0.717) is 29.5 Å². The summed E-state index contributed by atoms with van der Waals surface area (Å²) in [6.45, 7) is 1.03. The second kappa shape index (κ2) is 9.03. The molecule has 4 rings (SSSR count). The van der Waals surface area contributed by atoms with Crippen LogP contribution < -0.4 is 5.32 Å². The van der Waals surface area contributed by atoms with Crippen molar-refractivity contribution in [1.29, 1.82) is 0 Å². The number of hydrogen-bond acceptors (Lipinski definition) is 4. The molecule has 1 aliphatic rings. The number of ether oxygens (including phenoxy) is 1. The Bertz CT molecular complexity index is 1100. The topological polar surface area (TPSA) is 87.3 Å². The fourth-order valence-electron chi connectivity index (χ4n) is 3.76. The Kier molecular flexibility index (Phi) is 6.20. The Morgan fingerprint density at radius 3 is 2.84 bits per heavy atom. The first-order valence-electron chi connectivity index (χ1n) is 9.94. The molecule has 0 saturated carbocycles. The van der Waals surface area contributed by atoms with E-state index in [-0.39, 0.29) is 24.2 Å². The minimum absolute atomic E-state index is 0.0166. The number of carbonyl (C=O) groups is 2. The second-order valence-electron chi connectivity index (χ2n) is 7.56. The van der Waals surface area contributed by atoms with Crippen LogP contribution in [0.25, 0.3) is 10.9 Å². The molecule has 0 aliphatic carbocycles. The summed E-state index contributed by atoms with van der Waals surface area (Å²) in [6, 6.07) is 8.41. The van der Waals surface area contributed by atoms with Crippen LogP contribution in [0.1, 0.15) is 22.5 Å². The number of pyridine rings is 1. The molecule has 162 valence electrons. The summed E-state index contributed by atoms with van der Waals surface area (Å²) in [4.78, 5) is 34.8. The van der Waals surface area contributed by atoms with E-state index in [1.807, 2.05) is 0 Å². The van der Waals surface area contributed by atoms with Crippen molar-refractivity contribution in [2.24, 2.45) is 0 Å². The number of H-pyrrole nitrogens is 1. The summed E-state index contributed by atoms with van der Waals surface area (Å²) in [7, 11) is 1.62. The largest absolute Gasteiger partial charge is 0.380 e. The van der Waals surface area contributed by atoms with Crippen molar-refractivity contribution in [1.82, 2.24) is 20.2 Å². The number of carbonyl (C=O) groups excluding carboxylic acids is 2. The molecule has 0 bridgehead atoms. The number of aromatic amines is 1. The number of fused-ring (bicyclic) bond motifs is 1. The molecular weight excluding hydrogens is 423 g/mol. The van der Waals surface area contributed by atoms with Crippen molar-refractivity contribution in [3.8, 4) is 0 Å². The standard InChI is InChI=1S/C22H22ClFN4O3/c1-31-16-6-7-28(12-16)22(30)18(8-13-2-4-15(24)5-3-13)27-21(29)17-9-14-10-20(23)25-11-19(14)26-17/h2-5,9-11,16,18,26H,6-8,12H2,1H3,(H,27,29)/t16-,18-/m0/s1. The Labute approximate surface area is 183 Å². The van der Waals surface area contributed by atoms with Gasteiger partial charge in [0.1, 0.15) is 22.7 Å². The molecule has 1 saturated heterocycles. The Morgan fingerprint density at radius 1 is 1.35 bits per heavy atom. The minimum Gasteiger partial charge on any atom is -0.380 e. The molecule has 0 spiro atoms. The minimum atomic E-state index is -0.804. The molecule has 7 nitrogen and oxygen atoms in total. The van der Waals surface area contributed by atoms with E-state index >= 15 is 0 Å². The first kappa shape index (κ1) is 21.3. The van der Waals surface area contributed by atoms with E-state index in [0.717, 1.165) is 17.4 Å². The zero-order chi connectivity index (χ0) is 22.0. The van der Waals surface area contributed by atoms with Crippen LogP contribution in [0.3, 0.4) is 0 Å². The van der Waals surface area contributed by atoms with Gasteiger partial charge in [0.2, 0.25) is 5.91 Å². The van der Waals surface area contributed by atoms with Crippen molar-refractivity contribution >= 4 is 34.3 Å². The monoisotopic (exact) mass is 444 g/mol. The average Bonchev–Trinajstić information content (AvgIpc) is 3.41. The van der Waals surface area contributed by atoms with Gasteiger partial charge in [0.15, 0.2) is 0 Å². The van der Waals surface area contributed by atoms with Gasteiger partial charge in [0.05, 0.1) is 17.8 Å². The molecule has 2 aromatic heterocycles. The van der Waals surface area contributed by atoms with Gasteiger partial charge in [-0.3, -0.25) is 9.59 Å². The number of nitrogens with one attached hydrogen (secondary N) is 2. The molecule has 2 amide bonds. The van der Waals surface area contributed by atoms with Crippen LogP contribution >= 0.6 is 11.6 Å². The van der Waals surface area contributed by atoms with Gasteiger partial charge in [-0.1, -0.05) is 23.7 Å². The van der Waals surface area contributed by atoms with Crippen LogP contribution in [-0.4, -0.2) is 59.0 Å². The average molecular weight is 445 g/mol. The van der Waals surface area contributed by atoms with Crippen molar-refractivity contribution in [2.75, 3.05) is 20.2 Å². The van der Waals surface area contributed by atoms with Crippen molar-refractivity contribution < 1.29 is 18.7 Å². The first-order chi connectivity index (χ1) is 14.9. The molecule has 2 N–H and O–H groups in total. The van der Waals surface area contributed by atoms with Gasteiger partial charge in [-0.25, -0.2) is 9.37 Å². The number of methoxy groups -OCH3 is 1. The number of nitrogens with zero attached hydrogens (tertiary/aromatic N) is 2. The summed E-state index contributed by atoms with van der Waals surface area (Å²) < 4.78 is 18.6. The highest BCUT2D eigenvalue weighted by Gasteiger charge is 2.32. The second-order valence-corrected chi connectivity index (χ2v) is 7.95. The lowest BCUT2D eigenvalue weighted by atomic mass is 10.0. The number of hydrogen-bond donors (Lipinski definition) is 2. The Hall–Kier alpha value is -2.97. The predicted octanol–water partition coefficient (Wildman–Crippen LogP) is 2.94. The maximum Gasteiger partial charge on any atom is 0.268 e. The zero-order valence-electron chi connectivity index (χ0n) is 16.9. The van der Waals surface area contributed by atoms with E-state index in [4.69, 9.17) is 16.3 Å². The van der Waals surface area contributed by atoms with Crippen molar-refractivity contribution in [3.63, 3.8) is 0 Å². The number of halogens is 2. The molecule has 1 fully saturated rings. The van der Waals surface area contributed by atoms with Crippen LogP contribution in [0.5, 0.6) is 0 Å². The number of likely N-dealkylation sites (tertiary alicyclic amines) is 1. The summed E-state index contributed by atoms with van der Waals surface area (Å²) in [5.41, 5.74) is 1.71. The fraction of sp³-hybridized carbons (Fsp3) is 0.318. The van der Waals surface area contributed by atoms with E-state index in [1.165, 1.54) is 12.1 Å². The van der Waals surface area contributed by atoms with E-state index in [2.05, 4.69) is 15.3 Å². The summed E-state index contributed by atoms with van der Waals surface area (Å²) >= 11 is 5.92. The van der Waals surface area contributed by atoms with Crippen LogP contribution in [-0.2, 0) is 16.0 Å². The third-order valence-electron chi connectivity index (χ3n) is 5.46. The van der Waals surface area contributed by atoms with Crippen LogP contribution in [0.15, 0.2) is 42.6 Å². The highest BCUT2D eigenvalue weighted by atomic mass is 35.5. The van der Waals surface area contributed by atoms with Gasteiger partial charge in [0.25, 0.3) is 5.91 Å². The zero-order valence-corrected chi connectivity index (χ0v) is 17.7. The van der Waals surface area contributed by atoms with Crippen molar-refractivity contribution in [2.45, 2.75) is 25.0 Å². The molecule has 1 aliphatic heterocycles. The van der Waals surface area contributed by atoms with Crippen LogP contribution in [0.2, 0.25) is 5.15 Å². The van der Waals surface area contributed by atoms with Gasteiger partial charge in [-0.15, -0.1) is 0 Å². The van der Waals surface area contributed by atoms with Gasteiger partial charge < -0.3 is 19.9 Å². The van der Waals surface area contributed by atoms with Gasteiger partial charge in [-0.2, -0.15) is 0 Å².